The number of hydrogen-bond donors (Lipinski definition) is 3. The summed E-state index contributed by atoms with van der Waals surface area (Å²) in [6, 6.07) is -1.23. The summed E-state index contributed by atoms with van der Waals surface area (Å²) < 4.78 is 4.41. The minimum Gasteiger partial charge on any atom is -0.467 e. The molecule has 0 saturated heterocycles. The van der Waals surface area contributed by atoms with E-state index in [1.807, 2.05) is 0 Å². The molecule has 0 bridgehead atoms. The first-order valence-corrected chi connectivity index (χ1v) is 4.93. The highest BCUT2D eigenvalue weighted by molar-refractivity contribution is 5.83. The predicted octanol–water partition coefficient (Wildman–Crippen LogP) is -0.628. The topological polar surface area (TPSA) is 87.7 Å². The molecule has 1 atom stereocenters. The summed E-state index contributed by atoms with van der Waals surface area (Å²) in [7, 11) is 1.20. The standard InChI is InChI=1S/C9H16N2O4/c1-15-8(13)7(5-12)11-9(14)10-6-3-2-4-6/h6-7,12H,2-5H2,1H3,(H2,10,11,14). The lowest BCUT2D eigenvalue weighted by molar-refractivity contribution is -0.143. The molecule has 1 fully saturated rings. The minimum absolute atomic E-state index is 0.196. The van der Waals surface area contributed by atoms with Gasteiger partial charge in [-0.15, -0.1) is 0 Å². The van der Waals surface area contributed by atoms with E-state index in [-0.39, 0.29) is 6.04 Å². The van der Waals surface area contributed by atoms with Crippen LogP contribution in [0.2, 0.25) is 0 Å². The van der Waals surface area contributed by atoms with E-state index in [0.717, 1.165) is 19.3 Å². The molecule has 3 N–H and O–H groups in total. The molecule has 6 heteroatoms. The van der Waals surface area contributed by atoms with Crippen LogP contribution in [0.5, 0.6) is 0 Å². The monoisotopic (exact) mass is 216 g/mol. The molecule has 1 aliphatic rings. The Morgan fingerprint density at radius 1 is 1.53 bits per heavy atom. The molecule has 1 saturated carbocycles. The highest BCUT2D eigenvalue weighted by atomic mass is 16.5. The lowest BCUT2D eigenvalue weighted by Gasteiger charge is -2.27. The van der Waals surface area contributed by atoms with Crippen LogP contribution in [0.4, 0.5) is 4.79 Å². The van der Waals surface area contributed by atoms with Crippen LogP contribution in [0.25, 0.3) is 0 Å². The van der Waals surface area contributed by atoms with Crippen molar-refractivity contribution in [2.45, 2.75) is 31.3 Å². The number of hydrogen-bond acceptors (Lipinski definition) is 4. The average molecular weight is 216 g/mol. The molecule has 1 unspecified atom stereocenters. The van der Waals surface area contributed by atoms with Crippen LogP contribution in [0.3, 0.4) is 0 Å². The van der Waals surface area contributed by atoms with E-state index < -0.39 is 24.6 Å². The second-order valence-corrected chi connectivity index (χ2v) is 3.50. The molecule has 0 radical (unpaired) electrons. The number of methoxy groups -OCH3 is 1. The summed E-state index contributed by atoms with van der Waals surface area (Å²) in [6.45, 7) is -0.468. The van der Waals surface area contributed by atoms with Crippen molar-refractivity contribution in [1.82, 2.24) is 10.6 Å². The van der Waals surface area contributed by atoms with Crippen molar-refractivity contribution in [2.75, 3.05) is 13.7 Å². The predicted molar refractivity (Wildman–Crippen MR) is 52.2 cm³/mol. The highest BCUT2D eigenvalue weighted by Crippen LogP contribution is 2.17. The molecule has 1 rings (SSSR count). The van der Waals surface area contributed by atoms with Gasteiger partial charge in [0.25, 0.3) is 0 Å². The Hall–Kier alpha value is -1.30. The lowest BCUT2D eigenvalue weighted by Crippen LogP contribution is -2.52. The zero-order valence-corrected chi connectivity index (χ0v) is 8.66. The Balaban J connectivity index is 2.30. The first-order chi connectivity index (χ1) is 7.17. The number of carbonyl (C=O) groups is 2. The van der Waals surface area contributed by atoms with Gasteiger partial charge >= 0.3 is 12.0 Å². The first kappa shape index (κ1) is 11.8. The van der Waals surface area contributed by atoms with Gasteiger partial charge < -0.3 is 20.5 Å². The zero-order valence-electron chi connectivity index (χ0n) is 8.66. The first-order valence-electron chi connectivity index (χ1n) is 4.93. The van der Waals surface area contributed by atoms with Crippen molar-refractivity contribution in [3.63, 3.8) is 0 Å². The Morgan fingerprint density at radius 3 is 2.60 bits per heavy atom. The lowest BCUT2D eigenvalue weighted by atomic mass is 9.93. The molecule has 0 spiro atoms. The molecule has 1 aliphatic carbocycles. The Morgan fingerprint density at radius 2 is 2.20 bits per heavy atom. The summed E-state index contributed by atoms with van der Waals surface area (Å²) in [5.74, 6) is -0.652. The number of urea groups is 1. The SMILES string of the molecule is COC(=O)C(CO)NC(=O)NC1CCC1. The minimum atomic E-state index is -0.991. The van der Waals surface area contributed by atoms with Gasteiger partial charge in [0.05, 0.1) is 13.7 Å². The largest absolute Gasteiger partial charge is 0.467 e. The smallest absolute Gasteiger partial charge is 0.330 e. The number of rotatable bonds is 4. The van der Waals surface area contributed by atoms with Crippen LogP contribution < -0.4 is 10.6 Å². The molecule has 0 aromatic rings. The second-order valence-electron chi connectivity index (χ2n) is 3.50. The number of carbonyl (C=O) groups excluding carboxylic acids is 2. The quantitative estimate of drug-likeness (QED) is 0.546. The van der Waals surface area contributed by atoms with Crippen LogP contribution in [-0.4, -0.2) is 42.9 Å². The van der Waals surface area contributed by atoms with Gasteiger partial charge in [-0.3, -0.25) is 0 Å². The van der Waals surface area contributed by atoms with Gasteiger partial charge in [0.2, 0.25) is 0 Å². The molecule has 0 heterocycles. The maximum atomic E-state index is 11.3. The van der Waals surface area contributed by atoms with Crippen molar-refractivity contribution in [2.24, 2.45) is 0 Å². The van der Waals surface area contributed by atoms with Gasteiger partial charge in [-0.25, -0.2) is 9.59 Å². The third-order valence-corrected chi connectivity index (χ3v) is 2.41. The van der Waals surface area contributed by atoms with E-state index in [1.165, 1.54) is 7.11 Å². The van der Waals surface area contributed by atoms with Gasteiger partial charge in [0.15, 0.2) is 6.04 Å². The molecule has 86 valence electrons. The van der Waals surface area contributed by atoms with E-state index in [1.54, 1.807) is 0 Å². The van der Waals surface area contributed by atoms with Crippen molar-refractivity contribution < 1.29 is 19.4 Å². The fourth-order valence-corrected chi connectivity index (χ4v) is 1.26. The van der Waals surface area contributed by atoms with E-state index in [4.69, 9.17) is 5.11 Å². The Labute approximate surface area is 88.0 Å². The van der Waals surface area contributed by atoms with Crippen LogP contribution in [0.1, 0.15) is 19.3 Å². The number of aliphatic hydroxyl groups is 1. The number of esters is 1. The number of amides is 2. The van der Waals surface area contributed by atoms with Gasteiger partial charge in [0, 0.05) is 6.04 Å². The molecule has 0 aliphatic heterocycles. The van der Waals surface area contributed by atoms with E-state index >= 15 is 0 Å². The summed E-state index contributed by atoms with van der Waals surface area (Å²) in [5.41, 5.74) is 0. The van der Waals surface area contributed by atoms with E-state index in [0.29, 0.717) is 0 Å². The summed E-state index contributed by atoms with van der Waals surface area (Å²) in [4.78, 5) is 22.3. The highest BCUT2D eigenvalue weighted by Gasteiger charge is 2.23. The van der Waals surface area contributed by atoms with Crippen molar-refractivity contribution >= 4 is 12.0 Å². The number of nitrogens with one attached hydrogen (secondary N) is 2. The summed E-state index contributed by atoms with van der Waals surface area (Å²) in [5, 5.41) is 13.9. The fraction of sp³-hybridized carbons (Fsp3) is 0.778. The molecular weight excluding hydrogens is 200 g/mol. The number of aliphatic hydroxyl groups excluding tert-OH is 1. The van der Waals surface area contributed by atoms with Crippen molar-refractivity contribution in [3.05, 3.63) is 0 Å². The van der Waals surface area contributed by atoms with Crippen LogP contribution in [0, 0.1) is 0 Å². The maximum Gasteiger partial charge on any atom is 0.330 e. The van der Waals surface area contributed by atoms with Crippen LogP contribution in [-0.2, 0) is 9.53 Å². The van der Waals surface area contributed by atoms with Crippen molar-refractivity contribution in [1.29, 1.82) is 0 Å². The van der Waals surface area contributed by atoms with E-state index in [9.17, 15) is 9.59 Å². The third kappa shape index (κ3) is 3.39. The van der Waals surface area contributed by atoms with Gasteiger partial charge in [-0.05, 0) is 19.3 Å². The molecule has 6 nitrogen and oxygen atoms in total. The molecule has 0 aromatic carbocycles. The Kier molecular flexibility index (Phi) is 4.36. The zero-order chi connectivity index (χ0) is 11.3. The number of ether oxygens (including phenoxy) is 1. The molecule has 2 amide bonds. The molecule has 0 aromatic heterocycles. The van der Waals surface area contributed by atoms with E-state index in [2.05, 4.69) is 15.4 Å². The third-order valence-electron chi connectivity index (χ3n) is 2.41. The van der Waals surface area contributed by atoms with Crippen LogP contribution >= 0.6 is 0 Å². The maximum absolute atomic E-state index is 11.3. The summed E-state index contributed by atoms with van der Waals surface area (Å²) >= 11 is 0. The van der Waals surface area contributed by atoms with Gasteiger partial charge in [0.1, 0.15) is 0 Å². The average Bonchev–Trinajstić information content (AvgIpc) is 2.19. The second kappa shape index (κ2) is 5.55. The van der Waals surface area contributed by atoms with Crippen LogP contribution in [0.15, 0.2) is 0 Å². The summed E-state index contributed by atoms with van der Waals surface area (Å²) in [6.07, 6.45) is 3.05. The normalized spacial score (nSPS) is 17.5. The Bertz CT molecular complexity index is 240. The van der Waals surface area contributed by atoms with Gasteiger partial charge in [-0.2, -0.15) is 0 Å². The van der Waals surface area contributed by atoms with Gasteiger partial charge in [-0.1, -0.05) is 0 Å². The van der Waals surface area contributed by atoms with Crippen molar-refractivity contribution in [3.8, 4) is 0 Å². The molecular formula is C9H16N2O4. The fourth-order valence-electron chi connectivity index (χ4n) is 1.26. The molecule has 15 heavy (non-hydrogen) atoms.